The molecule has 3 aliphatic rings. The smallest absolute Gasteiger partial charge is 0.412 e. The molecule has 1 aromatic heterocycles. The fourth-order valence-electron chi connectivity index (χ4n) is 6.28. The summed E-state index contributed by atoms with van der Waals surface area (Å²) in [6.07, 6.45) is 0.0736. The number of hydrogen-bond acceptors (Lipinski definition) is 8. The first-order valence-corrected chi connectivity index (χ1v) is 14.7. The van der Waals surface area contributed by atoms with Crippen molar-refractivity contribution in [1.82, 2.24) is 14.9 Å². The van der Waals surface area contributed by atoms with Crippen LogP contribution in [0.3, 0.4) is 0 Å². The molecule has 44 heavy (non-hydrogen) atoms. The first-order valence-electron chi connectivity index (χ1n) is 14.4. The van der Waals surface area contributed by atoms with Crippen LogP contribution in [-0.4, -0.2) is 64.5 Å². The Morgan fingerprint density at radius 2 is 2.02 bits per heavy atom. The lowest BCUT2D eigenvalue weighted by Gasteiger charge is -2.36. The molecule has 0 aliphatic carbocycles. The molecule has 3 aliphatic heterocycles. The van der Waals surface area contributed by atoms with Crippen molar-refractivity contribution < 1.29 is 33.4 Å². The number of fused-ring (bicyclic) bond motifs is 6. The molecule has 3 aromatic rings. The van der Waals surface area contributed by atoms with Gasteiger partial charge in [-0.2, -0.15) is 0 Å². The average Bonchev–Trinajstić information content (AvgIpc) is 3.57. The number of nitrogens with zero attached hydrogens (tertiary/aromatic N) is 2. The third kappa shape index (κ3) is 5.41. The maximum Gasteiger partial charge on any atom is 0.412 e. The van der Waals surface area contributed by atoms with E-state index < -0.39 is 35.8 Å². The van der Waals surface area contributed by atoms with Crippen molar-refractivity contribution >= 4 is 46.8 Å². The first-order chi connectivity index (χ1) is 21.1. The van der Waals surface area contributed by atoms with Gasteiger partial charge < -0.3 is 29.8 Å². The summed E-state index contributed by atoms with van der Waals surface area (Å²) in [4.78, 5) is 48.1. The summed E-state index contributed by atoms with van der Waals surface area (Å²) >= 11 is 6.09. The van der Waals surface area contributed by atoms with E-state index in [9.17, 15) is 19.5 Å². The van der Waals surface area contributed by atoms with Gasteiger partial charge in [0.25, 0.3) is 0 Å². The third-order valence-electron chi connectivity index (χ3n) is 8.40. The zero-order valence-corrected chi connectivity index (χ0v) is 24.9. The van der Waals surface area contributed by atoms with Gasteiger partial charge in [-0.3, -0.25) is 15.4 Å². The third-order valence-corrected chi connectivity index (χ3v) is 8.69. The minimum atomic E-state index is -1.37. The highest BCUT2D eigenvalue weighted by molar-refractivity contribution is 6.31. The molecule has 6 rings (SSSR count). The number of anilines is 3. The molecule has 14 heteroatoms. The topological polar surface area (TPSA) is 158 Å². The molecule has 232 valence electrons. The number of aryl methyl sites for hydroxylation is 1. The van der Waals surface area contributed by atoms with Gasteiger partial charge in [0.15, 0.2) is 11.4 Å². The molecule has 1 spiro atoms. The molecule has 0 radical (unpaired) electrons. The Morgan fingerprint density at radius 1 is 1.23 bits per heavy atom. The number of aromatic nitrogens is 2. The Hall–Kier alpha value is -4.36. The van der Waals surface area contributed by atoms with E-state index >= 15 is 4.39 Å². The number of halogens is 2. The molecule has 0 saturated carbocycles. The van der Waals surface area contributed by atoms with Crippen LogP contribution in [0.4, 0.5) is 31.0 Å². The van der Waals surface area contributed by atoms with Gasteiger partial charge in [-0.15, -0.1) is 0 Å². The Morgan fingerprint density at radius 3 is 2.82 bits per heavy atom. The van der Waals surface area contributed by atoms with Crippen LogP contribution in [0.15, 0.2) is 30.3 Å². The van der Waals surface area contributed by atoms with Crippen LogP contribution in [0.1, 0.15) is 55.1 Å². The van der Waals surface area contributed by atoms with Crippen LogP contribution in [0.2, 0.25) is 5.02 Å². The van der Waals surface area contributed by atoms with Crippen LogP contribution in [0.5, 0.6) is 0 Å². The number of aliphatic hydroxyl groups excluding tert-OH is 1. The fraction of sp³-hybridized carbons (Fsp3) is 0.400. The molecule has 12 nitrogen and oxygen atoms in total. The van der Waals surface area contributed by atoms with Gasteiger partial charge in [0.2, 0.25) is 5.91 Å². The number of methoxy groups -OCH3 is 1. The number of H-pyrrole nitrogens is 1. The number of rotatable bonds is 2. The number of imidazole rings is 1. The van der Waals surface area contributed by atoms with Gasteiger partial charge in [0, 0.05) is 35.6 Å². The van der Waals surface area contributed by atoms with Crippen molar-refractivity contribution in [2.24, 2.45) is 0 Å². The summed E-state index contributed by atoms with van der Waals surface area (Å²) in [5, 5.41) is 18.9. The maximum absolute atomic E-state index is 15.3. The Bertz CT molecular complexity index is 1650. The number of aliphatic hydroxyl groups is 1. The Labute approximate surface area is 257 Å². The van der Waals surface area contributed by atoms with Crippen molar-refractivity contribution in [1.29, 1.82) is 0 Å². The SMILES string of the molecule is COC(=O)Nc1ccc2c(c1)NC(O)CCCC[C@@H](C(=O)N1CC[C@@]3(C1)OC(=O)Nc1ccc(Cl)c(F)c13)c1nc-2c(C)[nH]1. The summed E-state index contributed by atoms with van der Waals surface area (Å²) in [5.41, 5.74) is 1.99. The molecule has 2 bridgehead atoms. The second kappa shape index (κ2) is 11.6. The van der Waals surface area contributed by atoms with Gasteiger partial charge in [0.1, 0.15) is 12.1 Å². The largest absolute Gasteiger partial charge is 0.453 e. The summed E-state index contributed by atoms with van der Waals surface area (Å²) < 4.78 is 25.7. The van der Waals surface area contributed by atoms with E-state index in [1.807, 2.05) is 6.92 Å². The number of ether oxygens (including phenoxy) is 2. The summed E-state index contributed by atoms with van der Waals surface area (Å²) in [7, 11) is 1.27. The fourth-order valence-corrected chi connectivity index (χ4v) is 6.44. The molecule has 1 unspecified atom stereocenters. The van der Waals surface area contributed by atoms with E-state index in [0.29, 0.717) is 59.8 Å². The van der Waals surface area contributed by atoms with Crippen molar-refractivity contribution in [3.8, 4) is 11.3 Å². The van der Waals surface area contributed by atoms with Crippen molar-refractivity contribution in [3.05, 3.63) is 58.3 Å². The van der Waals surface area contributed by atoms with Crippen LogP contribution in [0.25, 0.3) is 11.3 Å². The van der Waals surface area contributed by atoms with E-state index in [1.54, 1.807) is 23.1 Å². The molecule has 4 heterocycles. The number of likely N-dealkylation sites (tertiary alicyclic amines) is 1. The lowest BCUT2D eigenvalue weighted by Crippen LogP contribution is -2.44. The van der Waals surface area contributed by atoms with Gasteiger partial charge >= 0.3 is 12.2 Å². The number of aromatic amines is 1. The number of amides is 3. The zero-order valence-electron chi connectivity index (χ0n) is 24.1. The second-order valence-electron chi connectivity index (χ2n) is 11.3. The standard InChI is InChI=1S/C30H32ClFN6O6/c1-15-25-17-8-7-16(34-28(41)43-2)13-21(17)35-22(39)6-4-3-5-18(26(33-15)37-25)27(40)38-12-11-30(14-38)23-20(36-29(42)44-30)10-9-19(31)24(23)32/h7-10,13,18,22,35,39H,3-6,11-12,14H2,1-2H3,(H,33,37)(H,34,41)(H,36,42)/t18-,22?,30+/m1/s1. The van der Waals surface area contributed by atoms with Gasteiger partial charge in [-0.25, -0.2) is 19.0 Å². The minimum Gasteiger partial charge on any atom is -0.453 e. The van der Waals surface area contributed by atoms with E-state index in [-0.39, 0.29) is 41.7 Å². The molecule has 5 N–H and O–H groups in total. The highest BCUT2D eigenvalue weighted by Gasteiger charge is 2.51. The lowest BCUT2D eigenvalue weighted by atomic mass is 9.89. The summed E-state index contributed by atoms with van der Waals surface area (Å²) in [5.74, 6) is -1.10. The van der Waals surface area contributed by atoms with Crippen LogP contribution in [0, 0.1) is 12.7 Å². The van der Waals surface area contributed by atoms with Crippen molar-refractivity contribution in [2.45, 2.75) is 56.8 Å². The van der Waals surface area contributed by atoms with Crippen molar-refractivity contribution in [2.75, 3.05) is 36.1 Å². The number of carbonyl (C=O) groups is 3. The van der Waals surface area contributed by atoms with E-state index in [0.717, 1.165) is 0 Å². The molecule has 2 aromatic carbocycles. The first kappa shape index (κ1) is 29.7. The predicted molar refractivity (Wildman–Crippen MR) is 160 cm³/mol. The van der Waals surface area contributed by atoms with E-state index in [2.05, 4.69) is 20.9 Å². The van der Waals surface area contributed by atoms with Gasteiger partial charge in [-0.1, -0.05) is 18.0 Å². The highest BCUT2D eigenvalue weighted by Crippen LogP contribution is 2.46. The normalized spacial score (nSPS) is 22.8. The highest BCUT2D eigenvalue weighted by atomic mass is 35.5. The molecule has 3 atom stereocenters. The zero-order chi connectivity index (χ0) is 31.2. The molecule has 1 saturated heterocycles. The number of carbonyl (C=O) groups excluding carboxylic acids is 3. The monoisotopic (exact) mass is 626 g/mol. The Balaban J connectivity index is 1.33. The molecule has 3 amide bonds. The molecule has 1 fully saturated rings. The van der Waals surface area contributed by atoms with E-state index in [1.165, 1.54) is 19.2 Å². The van der Waals surface area contributed by atoms with Crippen molar-refractivity contribution in [3.63, 3.8) is 0 Å². The van der Waals surface area contributed by atoms with Crippen LogP contribution in [-0.2, 0) is 19.9 Å². The maximum atomic E-state index is 15.3. The molecular weight excluding hydrogens is 595 g/mol. The van der Waals surface area contributed by atoms with E-state index in [4.69, 9.17) is 26.1 Å². The summed E-state index contributed by atoms with van der Waals surface area (Å²) in [6, 6.07) is 8.05. The molecular formula is C30H32ClFN6O6. The number of benzene rings is 2. The van der Waals surface area contributed by atoms with Crippen LogP contribution >= 0.6 is 11.6 Å². The predicted octanol–water partition coefficient (Wildman–Crippen LogP) is 5.43. The average molecular weight is 627 g/mol. The quantitative estimate of drug-likeness (QED) is 0.252. The Kier molecular flexibility index (Phi) is 7.84. The summed E-state index contributed by atoms with van der Waals surface area (Å²) in [6.45, 7) is 2.05. The van der Waals surface area contributed by atoms with Gasteiger partial charge in [0.05, 0.1) is 41.5 Å². The van der Waals surface area contributed by atoms with Crippen LogP contribution < -0.4 is 16.0 Å². The lowest BCUT2D eigenvalue weighted by molar-refractivity contribution is -0.133. The number of nitrogens with one attached hydrogen (secondary N) is 4. The van der Waals surface area contributed by atoms with Gasteiger partial charge in [-0.05, 0) is 56.5 Å². The second-order valence-corrected chi connectivity index (χ2v) is 11.7. The number of hydrogen-bond donors (Lipinski definition) is 5. The minimum absolute atomic E-state index is 0.0337.